The van der Waals surface area contributed by atoms with Gasteiger partial charge in [-0.25, -0.2) is 4.99 Å². The first-order chi connectivity index (χ1) is 13.9. The molecule has 2 N–H and O–H groups in total. The quantitative estimate of drug-likeness (QED) is 0.574. The van der Waals surface area contributed by atoms with Gasteiger partial charge in [0.05, 0.1) is 13.1 Å². The van der Waals surface area contributed by atoms with Crippen molar-refractivity contribution in [3.8, 4) is 0 Å². The van der Waals surface area contributed by atoms with E-state index in [1.54, 1.807) is 4.90 Å². The zero-order valence-electron chi connectivity index (χ0n) is 17.5. The zero-order chi connectivity index (χ0) is 20.9. The predicted octanol–water partition coefficient (Wildman–Crippen LogP) is 1.55. The van der Waals surface area contributed by atoms with E-state index in [4.69, 9.17) is 4.99 Å². The molecule has 2 heterocycles. The Hall–Kier alpha value is -2.22. The number of nitrogens with zero attached hydrogens (tertiary/aromatic N) is 3. The van der Waals surface area contributed by atoms with Crippen LogP contribution in [0.3, 0.4) is 0 Å². The largest absolute Gasteiger partial charge is 0.357 e. The lowest BCUT2D eigenvalue weighted by Gasteiger charge is -2.39. The van der Waals surface area contributed by atoms with Gasteiger partial charge in [-0.15, -0.1) is 0 Å². The van der Waals surface area contributed by atoms with Gasteiger partial charge in [-0.1, -0.05) is 12.1 Å². The smallest absolute Gasteiger partial charge is 0.254 e. The fraction of sp³-hybridized carbons (Fsp3) is 0.571. The molecule has 2 aliphatic heterocycles. The number of amides is 2. The molecule has 2 aliphatic rings. The molecule has 0 unspecified atom stereocenters. The Balaban J connectivity index is 1.64. The van der Waals surface area contributed by atoms with Gasteiger partial charge in [-0.2, -0.15) is 11.8 Å². The van der Waals surface area contributed by atoms with E-state index in [2.05, 4.69) is 36.3 Å². The number of hydrogen-bond donors (Lipinski definition) is 2. The fourth-order valence-electron chi connectivity index (χ4n) is 3.54. The van der Waals surface area contributed by atoms with Crippen molar-refractivity contribution >= 4 is 29.5 Å². The Kier molecular flexibility index (Phi) is 7.05. The van der Waals surface area contributed by atoms with Crippen molar-refractivity contribution in [2.45, 2.75) is 32.1 Å². The first-order valence-corrected chi connectivity index (χ1v) is 11.2. The minimum atomic E-state index is -0.106. The lowest BCUT2D eigenvalue weighted by Crippen LogP contribution is -2.50. The van der Waals surface area contributed by atoms with Gasteiger partial charge in [0, 0.05) is 48.8 Å². The molecular formula is C21H31N5O2S. The van der Waals surface area contributed by atoms with Gasteiger partial charge in [-0.05, 0) is 38.5 Å². The second-order valence-electron chi connectivity index (χ2n) is 7.97. The van der Waals surface area contributed by atoms with Gasteiger partial charge < -0.3 is 20.4 Å². The van der Waals surface area contributed by atoms with Crippen LogP contribution in [-0.2, 0) is 11.3 Å². The maximum Gasteiger partial charge on any atom is 0.254 e. The van der Waals surface area contributed by atoms with E-state index < -0.39 is 0 Å². The average molecular weight is 418 g/mol. The highest BCUT2D eigenvalue weighted by Crippen LogP contribution is 2.29. The highest BCUT2D eigenvalue weighted by molar-refractivity contribution is 8.00. The molecule has 0 atom stereocenters. The molecule has 8 heteroatoms. The first kappa shape index (κ1) is 21.5. The summed E-state index contributed by atoms with van der Waals surface area (Å²) in [5, 5.41) is 6.14. The molecule has 158 valence electrons. The third-order valence-electron chi connectivity index (χ3n) is 5.00. The van der Waals surface area contributed by atoms with Crippen LogP contribution in [0.5, 0.6) is 0 Å². The highest BCUT2D eigenvalue weighted by atomic mass is 32.2. The van der Waals surface area contributed by atoms with E-state index in [1.165, 1.54) is 0 Å². The van der Waals surface area contributed by atoms with Gasteiger partial charge >= 0.3 is 0 Å². The summed E-state index contributed by atoms with van der Waals surface area (Å²) in [6.45, 7) is 11.2. The Morgan fingerprint density at radius 3 is 2.66 bits per heavy atom. The van der Waals surface area contributed by atoms with Crippen LogP contribution >= 0.6 is 11.8 Å². The van der Waals surface area contributed by atoms with E-state index in [0.29, 0.717) is 25.2 Å². The molecule has 0 spiro atoms. The third kappa shape index (κ3) is 5.88. The molecule has 7 nitrogen and oxygen atoms in total. The number of hydrogen-bond acceptors (Lipinski definition) is 4. The Morgan fingerprint density at radius 2 is 2.00 bits per heavy atom. The van der Waals surface area contributed by atoms with Crippen LogP contribution in [0.25, 0.3) is 0 Å². The second kappa shape index (κ2) is 9.52. The van der Waals surface area contributed by atoms with Crippen LogP contribution < -0.4 is 10.6 Å². The molecule has 1 aromatic rings. The maximum absolute atomic E-state index is 12.6. The molecule has 0 aliphatic carbocycles. The van der Waals surface area contributed by atoms with Gasteiger partial charge in [0.1, 0.15) is 0 Å². The van der Waals surface area contributed by atoms with E-state index in [-0.39, 0.29) is 23.1 Å². The molecular weight excluding hydrogens is 386 g/mol. The van der Waals surface area contributed by atoms with Crippen LogP contribution in [0.1, 0.15) is 36.7 Å². The monoisotopic (exact) mass is 417 g/mol. The second-order valence-corrected chi connectivity index (χ2v) is 9.78. The summed E-state index contributed by atoms with van der Waals surface area (Å²) in [7, 11) is 0. The van der Waals surface area contributed by atoms with Crippen molar-refractivity contribution < 1.29 is 9.59 Å². The van der Waals surface area contributed by atoms with Gasteiger partial charge in [0.15, 0.2) is 5.96 Å². The highest BCUT2D eigenvalue weighted by Gasteiger charge is 2.28. The molecule has 29 heavy (non-hydrogen) atoms. The molecule has 2 amide bonds. The molecule has 0 bridgehead atoms. The SMILES string of the molecule is CCNC(=NCc1ccc(C(=O)N2CCNC(=O)C2)cc1)N1CCSC(C)(C)C1. The molecule has 2 fully saturated rings. The topological polar surface area (TPSA) is 77.0 Å². The van der Waals surface area contributed by atoms with Crippen molar-refractivity contribution in [1.29, 1.82) is 0 Å². The summed E-state index contributed by atoms with van der Waals surface area (Å²) < 4.78 is 0.224. The number of carbonyl (C=O) groups excluding carboxylic acids is 2. The molecule has 0 radical (unpaired) electrons. The normalized spacial score (nSPS) is 19.7. The molecule has 0 aromatic heterocycles. The number of rotatable bonds is 4. The van der Waals surface area contributed by atoms with Crippen molar-refractivity contribution in [2.24, 2.45) is 4.99 Å². The number of nitrogens with one attached hydrogen (secondary N) is 2. The zero-order valence-corrected chi connectivity index (χ0v) is 18.3. The van der Waals surface area contributed by atoms with Crippen molar-refractivity contribution in [3.05, 3.63) is 35.4 Å². The van der Waals surface area contributed by atoms with Crippen molar-refractivity contribution in [1.82, 2.24) is 20.4 Å². The van der Waals surface area contributed by atoms with E-state index in [9.17, 15) is 9.59 Å². The van der Waals surface area contributed by atoms with E-state index in [0.717, 1.165) is 36.9 Å². The number of carbonyl (C=O) groups is 2. The van der Waals surface area contributed by atoms with Crippen molar-refractivity contribution in [2.75, 3.05) is 45.0 Å². The Morgan fingerprint density at radius 1 is 1.24 bits per heavy atom. The minimum absolute atomic E-state index is 0.101. The van der Waals surface area contributed by atoms with Crippen molar-refractivity contribution in [3.63, 3.8) is 0 Å². The number of benzene rings is 1. The van der Waals surface area contributed by atoms with Gasteiger partial charge in [0.25, 0.3) is 5.91 Å². The summed E-state index contributed by atoms with van der Waals surface area (Å²) in [5.41, 5.74) is 1.66. The maximum atomic E-state index is 12.6. The molecule has 0 saturated carbocycles. The van der Waals surface area contributed by atoms with Crippen LogP contribution in [0.15, 0.2) is 29.3 Å². The fourth-order valence-corrected chi connectivity index (χ4v) is 4.65. The van der Waals surface area contributed by atoms with Crippen LogP contribution in [-0.4, -0.2) is 77.3 Å². The summed E-state index contributed by atoms with van der Waals surface area (Å²) in [4.78, 5) is 32.8. The van der Waals surface area contributed by atoms with E-state index >= 15 is 0 Å². The standard InChI is InChI=1S/C21H31N5O2S/c1-4-22-20(26-11-12-29-21(2,3)15-26)24-13-16-5-7-17(8-6-16)19(28)25-10-9-23-18(27)14-25/h5-8H,4,9-15H2,1-3H3,(H,22,24)(H,23,27). The van der Waals surface area contributed by atoms with E-state index in [1.807, 2.05) is 36.0 Å². The summed E-state index contributed by atoms with van der Waals surface area (Å²) in [5.74, 6) is 1.84. The first-order valence-electron chi connectivity index (χ1n) is 10.2. The van der Waals surface area contributed by atoms with Gasteiger partial charge in [0.2, 0.25) is 5.91 Å². The third-order valence-corrected chi connectivity index (χ3v) is 6.30. The average Bonchev–Trinajstić information content (AvgIpc) is 2.70. The van der Waals surface area contributed by atoms with Crippen LogP contribution in [0.4, 0.5) is 0 Å². The summed E-state index contributed by atoms with van der Waals surface area (Å²) in [6, 6.07) is 7.54. The minimum Gasteiger partial charge on any atom is -0.357 e. The summed E-state index contributed by atoms with van der Waals surface area (Å²) >= 11 is 2.00. The predicted molar refractivity (Wildman–Crippen MR) is 118 cm³/mol. The van der Waals surface area contributed by atoms with Crippen LogP contribution in [0.2, 0.25) is 0 Å². The molecule has 1 aromatic carbocycles. The molecule has 3 rings (SSSR count). The summed E-state index contributed by atoms with van der Waals surface area (Å²) in [6.07, 6.45) is 0. The van der Waals surface area contributed by atoms with Gasteiger partial charge in [-0.3, -0.25) is 9.59 Å². The number of aliphatic imine (C=N–C) groups is 1. The number of guanidine groups is 1. The number of piperazine rings is 1. The van der Waals surface area contributed by atoms with Crippen LogP contribution in [0, 0.1) is 0 Å². The Labute approximate surface area is 177 Å². The lowest BCUT2D eigenvalue weighted by molar-refractivity contribution is -0.123. The Bertz CT molecular complexity index is 763. The number of thioether (sulfide) groups is 1. The molecule has 2 saturated heterocycles. The lowest BCUT2D eigenvalue weighted by atomic mass is 10.1.